The molecule has 0 spiro atoms. The third-order valence-electron chi connectivity index (χ3n) is 1.54. The molecule has 0 aliphatic rings. The molecule has 3 N–H and O–H groups in total. The number of likely N-dealkylation sites (N-methyl/N-ethyl adjacent to an activating group) is 1. The van der Waals surface area contributed by atoms with Gasteiger partial charge in [0.05, 0.1) is 13.1 Å². The highest BCUT2D eigenvalue weighted by Gasteiger charge is 1.99. The van der Waals surface area contributed by atoms with Crippen LogP contribution in [0.25, 0.3) is 0 Å². The maximum absolute atomic E-state index is 11.1. The molecule has 1 rings (SSSR count). The Kier molecular flexibility index (Phi) is 3.98. The fourth-order valence-electron chi connectivity index (χ4n) is 0.878. The van der Waals surface area contributed by atoms with Gasteiger partial charge in [-0.1, -0.05) is 6.92 Å². The van der Waals surface area contributed by atoms with E-state index in [4.69, 9.17) is 0 Å². The molecule has 0 radical (unpaired) electrons. The van der Waals surface area contributed by atoms with E-state index < -0.39 is 0 Å². The van der Waals surface area contributed by atoms with Gasteiger partial charge in [-0.2, -0.15) is 0 Å². The number of hydrogen-bond acceptors (Lipinski definition) is 3. The molecule has 0 fully saturated rings. The smallest absolute Gasteiger partial charge is 0.234 e. The van der Waals surface area contributed by atoms with E-state index in [1.54, 1.807) is 12.4 Å². The number of rotatable bonds is 5. The van der Waals surface area contributed by atoms with Gasteiger partial charge in [0.1, 0.15) is 5.82 Å². The van der Waals surface area contributed by atoms with Crippen LogP contribution in [0.3, 0.4) is 0 Å². The van der Waals surface area contributed by atoms with Crippen LogP contribution >= 0.6 is 0 Å². The number of hydrogen-bond donors (Lipinski definition) is 3. The Hall–Kier alpha value is -1.36. The molecule has 0 atom stereocenters. The van der Waals surface area contributed by atoms with E-state index in [1.165, 1.54) is 0 Å². The average Bonchev–Trinajstić information content (AvgIpc) is 2.64. The Balaban J connectivity index is 2.15. The lowest BCUT2D eigenvalue weighted by atomic mass is 10.5. The molecule has 5 heteroatoms. The van der Waals surface area contributed by atoms with Crippen molar-refractivity contribution in [1.82, 2.24) is 20.6 Å². The summed E-state index contributed by atoms with van der Waals surface area (Å²) in [7, 11) is 0. The Morgan fingerprint density at radius 1 is 1.69 bits per heavy atom. The van der Waals surface area contributed by atoms with Gasteiger partial charge in [0.15, 0.2) is 0 Å². The maximum Gasteiger partial charge on any atom is 0.234 e. The van der Waals surface area contributed by atoms with Crippen LogP contribution in [0, 0.1) is 0 Å². The zero-order valence-electron chi connectivity index (χ0n) is 7.63. The van der Waals surface area contributed by atoms with Crippen molar-refractivity contribution in [3.8, 4) is 0 Å². The average molecular weight is 182 g/mol. The zero-order valence-corrected chi connectivity index (χ0v) is 7.63. The summed E-state index contributed by atoms with van der Waals surface area (Å²) in [5.74, 6) is 0.753. The van der Waals surface area contributed by atoms with Crippen LogP contribution < -0.4 is 10.6 Å². The summed E-state index contributed by atoms with van der Waals surface area (Å²) < 4.78 is 0. The summed E-state index contributed by atoms with van der Waals surface area (Å²) in [5, 5.41) is 5.66. The first kappa shape index (κ1) is 9.73. The normalized spacial score (nSPS) is 9.92. The van der Waals surface area contributed by atoms with Gasteiger partial charge in [-0.15, -0.1) is 0 Å². The second-order valence-electron chi connectivity index (χ2n) is 2.59. The monoisotopic (exact) mass is 182 g/mol. The molecule has 0 aliphatic carbocycles. The summed E-state index contributed by atoms with van der Waals surface area (Å²) in [6, 6.07) is 0. The fraction of sp³-hybridized carbons (Fsp3) is 0.500. The predicted molar refractivity (Wildman–Crippen MR) is 49.0 cm³/mol. The van der Waals surface area contributed by atoms with E-state index in [0.717, 1.165) is 12.4 Å². The molecule has 0 aliphatic heterocycles. The second kappa shape index (κ2) is 5.31. The SMILES string of the molecule is CCNCC(=O)NCc1ncc[nH]1. The van der Waals surface area contributed by atoms with Crippen LogP contribution in [-0.4, -0.2) is 29.0 Å². The first-order chi connectivity index (χ1) is 6.33. The summed E-state index contributed by atoms with van der Waals surface area (Å²) in [6.07, 6.45) is 3.39. The van der Waals surface area contributed by atoms with E-state index >= 15 is 0 Å². The summed E-state index contributed by atoms with van der Waals surface area (Å²) in [5.41, 5.74) is 0. The lowest BCUT2D eigenvalue weighted by Gasteiger charge is -2.02. The van der Waals surface area contributed by atoms with Crippen LogP contribution in [-0.2, 0) is 11.3 Å². The second-order valence-corrected chi connectivity index (χ2v) is 2.59. The van der Waals surface area contributed by atoms with Gasteiger partial charge in [0.25, 0.3) is 0 Å². The highest BCUT2D eigenvalue weighted by molar-refractivity contribution is 5.77. The molecular formula is C8H14N4O. The van der Waals surface area contributed by atoms with Crippen molar-refractivity contribution in [3.63, 3.8) is 0 Å². The third kappa shape index (κ3) is 3.71. The lowest BCUT2D eigenvalue weighted by Crippen LogP contribution is -2.33. The number of carbonyl (C=O) groups excluding carboxylic acids is 1. The van der Waals surface area contributed by atoms with Gasteiger partial charge in [-0.25, -0.2) is 4.98 Å². The summed E-state index contributed by atoms with van der Waals surface area (Å²) >= 11 is 0. The molecule has 1 heterocycles. The Morgan fingerprint density at radius 3 is 3.15 bits per heavy atom. The molecule has 0 saturated heterocycles. The van der Waals surface area contributed by atoms with Crippen LogP contribution in [0.4, 0.5) is 0 Å². The van der Waals surface area contributed by atoms with Gasteiger partial charge in [-0.05, 0) is 6.54 Å². The highest BCUT2D eigenvalue weighted by Crippen LogP contribution is 1.85. The van der Waals surface area contributed by atoms with Crippen LogP contribution in [0.1, 0.15) is 12.7 Å². The minimum absolute atomic E-state index is 0.0155. The van der Waals surface area contributed by atoms with E-state index in [-0.39, 0.29) is 5.91 Å². The number of nitrogens with zero attached hydrogens (tertiary/aromatic N) is 1. The van der Waals surface area contributed by atoms with Gasteiger partial charge < -0.3 is 15.6 Å². The van der Waals surface area contributed by atoms with Crippen molar-refractivity contribution in [2.45, 2.75) is 13.5 Å². The molecule has 5 nitrogen and oxygen atoms in total. The minimum Gasteiger partial charge on any atom is -0.348 e. The van der Waals surface area contributed by atoms with Crippen LogP contribution in [0.2, 0.25) is 0 Å². The summed E-state index contributed by atoms with van der Waals surface area (Å²) in [4.78, 5) is 18.0. The lowest BCUT2D eigenvalue weighted by molar-refractivity contribution is -0.120. The zero-order chi connectivity index (χ0) is 9.52. The third-order valence-corrected chi connectivity index (χ3v) is 1.54. The molecule has 1 aromatic rings. The number of aromatic amines is 1. The highest BCUT2D eigenvalue weighted by atomic mass is 16.1. The number of amides is 1. The largest absolute Gasteiger partial charge is 0.348 e. The molecule has 0 aromatic carbocycles. The van der Waals surface area contributed by atoms with Crippen molar-refractivity contribution in [3.05, 3.63) is 18.2 Å². The molecule has 1 amide bonds. The van der Waals surface area contributed by atoms with Crippen molar-refractivity contribution >= 4 is 5.91 Å². The van der Waals surface area contributed by atoms with E-state index in [0.29, 0.717) is 13.1 Å². The quantitative estimate of drug-likeness (QED) is 0.582. The molecule has 0 bridgehead atoms. The Morgan fingerprint density at radius 2 is 2.54 bits per heavy atom. The van der Waals surface area contributed by atoms with Crippen molar-refractivity contribution < 1.29 is 4.79 Å². The van der Waals surface area contributed by atoms with Gasteiger partial charge in [0.2, 0.25) is 5.91 Å². The van der Waals surface area contributed by atoms with E-state index in [1.807, 2.05) is 6.92 Å². The Labute approximate surface area is 76.9 Å². The molecular weight excluding hydrogens is 168 g/mol. The number of H-pyrrole nitrogens is 1. The first-order valence-corrected chi connectivity index (χ1v) is 4.28. The van der Waals surface area contributed by atoms with Crippen molar-refractivity contribution in [2.75, 3.05) is 13.1 Å². The van der Waals surface area contributed by atoms with Crippen LogP contribution in [0.15, 0.2) is 12.4 Å². The molecule has 13 heavy (non-hydrogen) atoms. The number of aromatic nitrogens is 2. The first-order valence-electron chi connectivity index (χ1n) is 4.28. The van der Waals surface area contributed by atoms with Crippen molar-refractivity contribution in [1.29, 1.82) is 0 Å². The molecule has 0 saturated carbocycles. The molecule has 1 aromatic heterocycles. The fourth-order valence-corrected chi connectivity index (χ4v) is 0.878. The predicted octanol–water partition coefficient (Wildman–Crippen LogP) is -0.365. The van der Waals surface area contributed by atoms with Gasteiger partial charge >= 0.3 is 0 Å². The van der Waals surface area contributed by atoms with Crippen molar-refractivity contribution in [2.24, 2.45) is 0 Å². The van der Waals surface area contributed by atoms with E-state index in [9.17, 15) is 4.79 Å². The number of carbonyl (C=O) groups is 1. The molecule has 0 unspecified atom stereocenters. The number of imidazole rings is 1. The Bertz CT molecular complexity index is 245. The topological polar surface area (TPSA) is 69.8 Å². The van der Waals surface area contributed by atoms with Gasteiger partial charge in [0, 0.05) is 12.4 Å². The maximum atomic E-state index is 11.1. The summed E-state index contributed by atoms with van der Waals surface area (Å²) in [6.45, 7) is 3.57. The van der Waals surface area contributed by atoms with Crippen LogP contribution in [0.5, 0.6) is 0 Å². The number of nitrogens with one attached hydrogen (secondary N) is 3. The van der Waals surface area contributed by atoms with Gasteiger partial charge in [-0.3, -0.25) is 4.79 Å². The minimum atomic E-state index is -0.0155. The van der Waals surface area contributed by atoms with E-state index in [2.05, 4.69) is 20.6 Å². The molecule has 72 valence electrons. The standard InChI is InChI=1S/C8H14N4O/c1-2-9-6-8(13)12-5-7-10-3-4-11-7/h3-4,9H,2,5-6H2,1H3,(H,10,11)(H,12,13).